The summed E-state index contributed by atoms with van der Waals surface area (Å²) in [5.74, 6) is -0.212. The van der Waals surface area contributed by atoms with Gasteiger partial charge in [-0.3, -0.25) is 24.4 Å². The second-order valence-corrected chi connectivity index (χ2v) is 15.8. The van der Waals surface area contributed by atoms with Crippen molar-refractivity contribution in [3.8, 4) is 23.0 Å². The van der Waals surface area contributed by atoms with Crippen molar-refractivity contribution in [1.82, 2.24) is 9.80 Å². The monoisotopic (exact) mass is 708 g/mol. The lowest BCUT2D eigenvalue weighted by molar-refractivity contribution is -0.103. The topological polar surface area (TPSA) is 140 Å². The fourth-order valence-electron chi connectivity index (χ4n) is 6.17. The van der Waals surface area contributed by atoms with Crippen LogP contribution in [0, 0.1) is 0 Å². The number of fused-ring (bicyclic) bond motifs is 4. The molecule has 4 heterocycles. The van der Waals surface area contributed by atoms with Crippen LogP contribution in [0.4, 0.5) is 16.2 Å². The van der Waals surface area contributed by atoms with Crippen molar-refractivity contribution in [1.29, 1.82) is 0 Å². The highest BCUT2D eigenvalue weighted by Crippen LogP contribution is 2.43. The molecule has 0 spiro atoms. The van der Waals surface area contributed by atoms with Crippen molar-refractivity contribution in [3.05, 3.63) is 59.7 Å². The summed E-state index contributed by atoms with van der Waals surface area (Å²) in [5.41, 5.74) is 2.54. The highest BCUT2D eigenvalue weighted by molar-refractivity contribution is 8.84. The van der Waals surface area contributed by atoms with E-state index >= 15 is 0 Å². The Balaban J connectivity index is 1.34. The molecule has 6 rings (SSSR count). The highest BCUT2D eigenvalue weighted by Gasteiger charge is 2.46. The number of ether oxygens (including phenoxy) is 3. The van der Waals surface area contributed by atoms with Gasteiger partial charge in [0.25, 0.3) is 27.0 Å². The number of aliphatic hydroxyl groups is 1. The number of carbonyl (C=O) groups is 3. The zero-order valence-corrected chi connectivity index (χ0v) is 29.3. The van der Waals surface area contributed by atoms with E-state index in [9.17, 15) is 19.5 Å². The van der Waals surface area contributed by atoms with Gasteiger partial charge in [-0.15, -0.1) is 10.8 Å². The van der Waals surface area contributed by atoms with E-state index in [1.165, 1.54) is 63.3 Å². The van der Waals surface area contributed by atoms with Gasteiger partial charge in [0.2, 0.25) is 11.5 Å². The Kier molecular flexibility index (Phi) is 9.91. The molecule has 48 heavy (non-hydrogen) atoms. The maximum absolute atomic E-state index is 13.8. The molecule has 2 radical (unpaired) electrons. The van der Waals surface area contributed by atoms with Crippen molar-refractivity contribution in [3.63, 3.8) is 0 Å². The van der Waals surface area contributed by atoms with Gasteiger partial charge in [0.05, 0.1) is 48.8 Å². The fourth-order valence-corrected chi connectivity index (χ4v) is 8.92. The number of aliphatic hydroxyl groups excluding tert-OH is 1. The van der Waals surface area contributed by atoms with Gasteiger partial charge in [0.1, 0.15) is 6.61 Å². The van der Waals surface area contributed by atoms with Gasteiger partial charge in [0, 0.05) is 36.7 Å². The van der Waals surface area contributed by atoms with Crippen molar-refractivity contribution >= 4 is 70.6 Å². The number of amides is 3. The summed E-state index contributed by atoms with van der Waals surface area (Å²) < 4.78 is 16.7. The van der Waals surface area contributed by atoms with Gasteiger partial charge < -0.3 is 29.1 Å². The first-order chi connectivity index (χ1) is 23.0. The van der Waals surface area contributed by atoms with Crippen molar-refractivity contribution < 1.29 is 43.5 Å². The molecule has 0 unspecified atom stereocenters. The van der Waals surface area contributed by atoms with Crippen LogP contribution in [0.15, 0.2) is 53.6 Å². The Morgan fingerprint density at radius 3 is 2.29 bits per heavy atom. The Labute approximate surface area is 292 Å². The number of nitrogens with zero attached hydrogens (tertiary/aromatic N) is 4. The highest BCUT2D eigenvalue weighted by atomic mass is 33.2. The molecule has 13 nitrogen and oxygen atoms in total. The van der Waals surface area contributed by atoms with Crippen LogP contribution in [0.3, 0.4) is 0 Å². The van der Waals surface area contributed by atoms with E-state index in [0.717, 1.165) is 16.0 Å². The summed E-state index contributed by atoms with van der Waals surface area (Å²) >= 11 is 2.53. The predicted molar refractivity (Wildman–Crippen MR) is 183 cm³/mol. The molecule has 16 heteroatoms. The summed E-state index contributed by atoms with van der Waals surface area (Å²) in [6.07, 6.45) is 0.365. The average Bonchev–Trinajstić information content (AvgIpc) is 3.61. The normalized spacial score (nSPS) is 21.9. The molecular formula is C32H33AlN4O9S2. The van der Waals surface area contributed by atoms with Crippen molar-refractivity contribution in [2.24, 2.45) is 4.99 Å². The second-order valence-electron chi connectivity index (χ2n) is 11.8. The third-order valence-corrected chi connectivity index (χ3v) is 11.4. The van der Waals surface area contributed by atoms with Crippen LogP contribution in [-0.2, 0) is 4.74 Å². The maximum atomic E-state index is 13.8. The third-order valence-electron chi connectivity index (χ3n) is 8.46. The van der Waals surface area contributed by atoms with Gasteiger partial charge in [0.15, 0.2) is 17.7 Å². The van der Waals surface area contributed by atoms with E-state index in [-0.39, 0.29) is 64.6 Å². The minimum atomic E-state index is -1.45. The minimum absolute atomic E-state index is 0.0143. The molecule has 2 fully saturated rings. The van der Waals surface area contributed by atoms with Gasteiger partial charge in [-0.2, -0.15) is 0 Å². The van der Waals surface area contributed by atoms with Gasteiger partial charge in [-0.1, -0.05) is 24.3 Å². The first kappa shape index (κ1) is 34.1. The molecule has 0 aromatic heterocycles. The smallest absolute Gasteiger partial charge is 0.416 e. The molecule has 2 saturated heterocycles. The van der Waals surface area contributed by atoms with Crippen LogP contribution in [-0.4, -0.2) is 112 Å². The summed E-state index contributed by atoms with van der Waals surface area (Å²) in [6.45, 7) is 10.7. The number of methoxy groups -OCH3 is 2. The Morgan fingerprint density at radius 1 is 0.979 bits per heavy atom. The average molecular weight is 709 g/mol. The molecular weight excluding hydrogens is 675 g/mol. The van der Waals surface area contributed by atoms with Crippen molar-refractivity contribution in [2.45, 2.75) is 43.3 Å². The molecule has 4 aliphatic rings. The van der Waals surface area contributed by atoms with Crippen LogP contribution in [0.2, 0.25) is 0 Å². The number of anilines is 1. The lowest BCUT2D eigenvalue weighted by Gasteiger charge is -2.31. The first-order valence-electron chi connectivity index (χ1n) is 15.0. The zero-order chi connectivity index (χ0) is 34.3. The number of hydrogen-bond acceptors (Lipinski definition) is 12. The van der Waals surface area contributed by atoms with E-state index in [1.807, 2.05) is 6.92 Å². The van der Waals surface area contributed by atoms with Crippen LogP contribution in [0.5, 0.6) is 23.0 Å². The molecule has 2 aromatic carbocycles. The standard InChI is InChI=1S/C32H34N4O9S2.Al/c1-16-6-19-12-33-22-10-27(25(41-4)8-20(22)29(37)34(19)13-16)44-45-28-11-23-21(9-26(28)42-5)30(38)35-14-17(2)7-24(35)31(39)36(23)32(40)43-15-18(3)47-46;/h8-12,18-19,24,31,39,46H,1-2,6-7,13-15H2,3-5H3;/q;+1/p-1/t18-,19+,24+,31+;/m1./s1. The molecule has 2 aromatic rings. The van der Waals surface area contributed by atoms with E-state index in [4.69, 9.17) is 24.0 Å². The maximum Gasteiger partial charge on any atom is 0.416 e. The van der Waals surface area contributed by atoms with Crippen molar-refractivity contribution in [2.75, 3.05) is 38.8 Å². The first-order valence-corrected chi connectivity index (χ1v) is 18.7. The van der Waals surface area contributed by atoms with E-state index in [2.05, 4.69) is 33.3 Å². The quantitative estimate of drug-likeness (QED) is 0.130. The van der Waals surface area contributed by atoms with Crippen LogP contribution in [0.25, 0.3) is 0 Å². The minimum Gasteiger partial charge on any atom is -0.493 e. The predicted octanol–water partition coefficient (Wildman–Crippen LogP) is 4.46. The lowest BCUT2D eigenvalue weighted by atomic mass is 10.1. The molecule has 4 atom stereocenters. The molecule has 4 aliphatic heterocycles. The van der Waals surface area contributed by atoms with E-state index in [0.29, 0.717) is 30.6 Å². The molecule has 1 N–H and O–H groups in total. The van der Waals surface area contributed by atoms with Crippen LogP contribution in [0.1, 0.15) is 40.5 Å². The summed E-state index contributed by atoms with van der Waals surface area (Å²) in [7, 11) is 5.79. The Bertz CT molecular complexity index is 1720. The van der Waals surface area contributed by atoms with Gasteiger partial charge in [-0.25, -0.2) is 18.9 Å². The SMILES string of the molecule is C=C1C[C@H]2C=Nc3cc(OOc4cc5c(cc4OC)C(=O)N4CC(=C)C[C@H]4[C@H](O)N5C(=O)OC[C@@H](C)S[S][Al])c(OC)cc3C(=O)N2C1. The molecule has 0 aliphatic carbocycles. The Morgan fingerprint density at radius 2 is 1.60 bits per heavy atom. The number of aliphatic imine (C=N–C) groups is 1. The number of carbonyl (C=O) groups excluding carboxylic acids is 3. The number of rotatable bonds is 9. The molecule has 0 saturated carbocycles. The summed E-state index contributed by atoms with van der Waals surface area (Å²) in [5, 5.41) is 11.5. The van der Waals surface area contributed by atoms with Crippen LogP contribution >= 0.6 is 20.0 Å². The van der Waals surface area contributed by atoms with Crippen LogP contribution < -0.4 is 24.1 Å². The van der Waals surface area contributed by atoms with Gasteiger partial charge >= 0.3 is 6.09 Å². The summed E-state index contributed by atoms with van der Waals surface area (Å²) in [6, 6.07) is 4.93. The lowest BCUT2D eigenvalue weighted by Crippen LogP contribution is -2.51. The van der Waals surface area contributed by atoms with Gasteiger partial charge in [-0.05, 0) is 31.9 Å². The number of benzene rings is 2. The largest absolute Gasteiger partial charge is 0.493 e. The number of hydrogen-bond donors (Lipinski definition) is 1. The molecule has 3 amide bonds. The second kappa shape index (κ2) is 14.0. The van der Waals surface area contributed by atoms with E-state index in [1.54, 1.807) is 11.1 Å². The zero-order valence-electron chi connectivity index (χ0n) is 26.5. The van der Waals surface area contributed by atoms with E-state index < -0.39 is 24.3 Å². The molecule has 250 valence electrons. The third kappa shape index (κ3) is 6.35. The Hall–Kier alpha value is -3.81. The molecule has 0 bridgehead atoms. The summed E-state index contributed by atoms with van der Waals surface area (Å²) in [4.78, 5) is 61.2. The fraction of sp³-hybridized carbons (Fsp3) is 0.375.